The second-order valence-corrected chi connectivity index (χ2v) is 6.49. The monoisotopic (exact) mass is 369 g/mol. The lowest BCUT2D eigenvalue weighted by molar-refractivity contribution is 0.103. The van der Waals surface area contributed by atoms with Gasteiger partial charge in [0.15, 0.2) is 5.78 Å². The molecule has 0 amide bonds. The molecule has 28 heavy (non-hydrogen) atoms. The summed E-state index contributed by atoms with van der Waals surface area (Å²) in [5.41, 5.74) is 4.69. The zero-order chi connectivity index (χ0) is 19.5. The standard InChI is InChI=1S/C23H19N3O2/c1-16-7-11-18(12-8-16)26-15-22(24-25-26)20-5-3-4-6-21(20)23(27)17-9-13-19(28-2)14-10-17/h3-15H,1-2H3. The van der Waals surface area contributed by atoms with Gasteiger partial charge in [0.05, 0.1) is 19.0 Å². The lowest BCUT2D eigenvalue weighted by atomic mass is 9.97. The van der Waals surface area contributed by atoms with Crippen LogP contribution in [0.1, 0.15) is 21.5 Å². The molecule has 0 aliphatic rings. The molecule has 0 aliphatic heterocycles. The number of benzene rings is 3. The van der Waals surface area contributed by atoms with Gasteiger partial charge in [-0.3, -0.25) is 4.79 Å². The van der Waals surface area contributed by atoms with Gasteiger partial charge in [0, 0.05) is 16.7 Å². The molecular formula is C23H19N3O2. The van der Waals surface area contributed by atoms with E-state index < -0.39 is 0 Å². The Hall–Kier alpha value is -3.73. The number of hydrogen-bond donors (Lipinski definition) is 0. The topological polar surface area (TPSA) is 57.0 Å². The maximum Gasteiger partial charge on any atom is 0.193 e. The molecule has 0 unspecified atom stereocenters. The van der Waals surface area contributed by atoms with Crippen molar-refractivity contribution in [1.82, 2.24) is 15.0 Å². The van der Waals surface area contributed by atoms with Gasteiger partial charge in [0.25, 0.3) is 0 Å². The number of rotatable bonds is 5. The SMILES string of the molecule is COc1ccc(C(=O)c2ccccc2-c2cn(-c3ccc(C)cc3)nn2)cc1. The summed E-state index contributed by atoms with van der Waals surface area (Å²) < 4.78 is 6.88. The lowest BCUT2D eigenvalue weighted by Crippen LogP contribution is -2.03. The summed E-state index contributed by atoms with van der Waals surface area (Å²) in [6.45, 7) is 2.04. The molecule has 1 aromatic heterocycles. The first kappa shape index (κ1) is 17.7. The highest BCUT2D eigenvalue weighted by Gasteiger charge is 2.17. The Kier molecular flexibility index (Phi) is 4.72. The highest BCUT2D eigenvalue weighted by Crippen LogP contribution is 2.25. The number of aromatic nitrogens is 3. The van der Waals surface area contributed by atoms with Crippen molar-refractivity contribution in [3.63, 3.8) is 0 Å². The minimum Gasteiger partial charge on any atom is -0.497 e. The summed E-state index contributed by atoms with van der Waals surface area (Å²) in [5, 5.41) is 8.52. The molecule has 0 N–H and O–H groups in total. The molecule has 5 heteroatoms. The van der Waals surface area contributed by atoms with E-state index >= 15 is 0 Å². The van der Waals surface area contributed by atoms with Gasteiger partial charge in [-0.05, 0) is 43.3 Å². The van der Waals surface area contributed by atoms with Crippen molar-refractivity contribution >= 4 is 5.78 Å². The summed E-state index contributed by atoms with van der Waals surface area (Å²) in [7, 11) is 1.60. The summed E-state index contributed by atoms with van der Waals surface area (Å²) >= 11 is 0. The lowest BCUT2D eigenvalue weighted by Gasteiger charge is -2.07. The molecule has 0 atom stereocenters. The molecule has 1 heterocycles. The first-order chi connectivity index (χ1) is 13.7. The summed E-state index contributed by atoms with van der Waals surface area (Å²) in [5.74, 6) is 0.647. The summed E-state index contributed by atoms with van der Waals surface area (Å²) in [6.07, 6.45) is 1.84. The van der Waals surface area contributed by atoms with E-state index in [0.29, 0.717) is 22.6 Å². The van der Waals surface area contributed by atoms with Crippen LogP contribution in [0.5, 0.6) is 5.75 Å². The van der Waals surface area contributed by atoms with Crippen LogP contribution >= 0.6 is 0 Å². The number of aryl methyl sites for hydroxylation is 1. The Morgan fingerprint density at radius 2 is 1.64 bits per heavy atom. The number of carbonyl (C=O) groups excluding carboxylic acids is 1. The second kappa shape index (κ2) is 7.48. The molecule has 4 rings (SSSR count). The van der Waals surface area contributed by atoms with Gasteiger partial charge in [-0.15, -0.1) is 5.10 Å². The van der Waals surface area contributed by atoms with E-state index in [1.165, 1.54) is 5.56 Å². The van der Waals surface area contributed by atoms with Crippen molar-refractivity contribution in [1.29, 1.82) is 0 Å². The fourth-order valence-electron chi connectivity index (χ4n) is 3.01. The van der Waals surface area contributed by atoms with Crippen molar-refractivity contribution in [2.75, 3.05) is 7.11 Å². The molecule has 0 saturated carbocycles. The van der Waals surface area contributed by atoms with Gasteiger partial charge in [0.1, 0.15) is 11.4 Å². The molecule has 0 radical (unpaired) electrons. The minimum atomic E-state index is -0.0665. The van der Waals surface area contributed by atoms with Gasteiger partial charge < -0.3 is 4.74 Å². The molecule has 0 spiro atoms. The van der Waals surface area contributed by atoms with E-state index in [2.05, 4.69) is 10.3 Å². The fourth-order valence-corrected chi connectivity index (χ4v) is 3.01. The fraction of sp³-hybridized carbons (Fsp3) is 0.0870. The average molecular weight is 369 g/mol. The first-order valence-corrected chi connectivity index (χ1v) is 8.93. The smallest absolute Gasteiger partial charge is 0.193 e. The highest BCUT2D eigenvalue weighted by atomic mass is 16.5. The van der Waals surface area contributed by atoms with Crippen LogP contribution in [0.3, 0.4) is 0 Å². The summed E-state index contributed by atoms with van der Waals surface area (Å²) in [4.78, 5) is 13.1. The normalized spacial score (nSPS) is 10.6. The van der Waals surface area contributed by atoms with E-state index in [1.54, 1.807) is 36.1 Å². The predicted octanol–water partition coefficient (Wildman–Crippen LogP) is 4.48. The van der Waals surface area contributed by atoms with Gasteiger partial charge in [-0.1, -0.05) is 47.2 Å². The Morgan fingerprint density at radius 3 is 2.36 bits per heavy atom. The average Bonchev–Trinajstić information content (AvgIpc) is 3.24. The van der Waals surface area contributed by atoms with Crippen molar-refractivity contribution in [2.45, 2.75) is 6.92 Å². The van der Waals surface area contributed by atoms with Gasteiger partial charge >= 0.3 is 0 Å². The third kappa shape index (κ3) is 3.42. The third-order valence-electron chi connectivity index (χ3n) is 4.59. The highest BCUT2D eigenvalue weighted by molar-refractivity contribution is 6.12. The van der Waals surface area contributed by atoms with Gasteiger partial charge in [0.2, 0.25) is 0 Å². The third-order valence-corrected chi connectivity index (χ3v) is 4.59. The van der Waals surface area contributed by atoms with Gasteiger partial charge in [-0.25, -0.2) is 4.68 Å². The predicted molar refractivity (Wildman–Crippen MR) is 108 cm³/mol. The number of hydrogen-bond acceptors (Lipinski definition) is 4. The second-order valence-electron chi connectivity index (χ2n) is 6.49. The van der Waals surface area contributed by atoms with Gasteiger partial charge in [-0.2, -0.15) is 0 Å². The number of ketones is 1. The van der Waals surface area contributed by atoms with Crippen LogP contribution < -0.4 is 4.74 Å². The van der Waals surface area contributed by atoms with Crippen molar-refractivity contribution in [3.05, 3.63) is 95.7 Å². The molecule has 138 valence electrons. The Morgan fingerprint density at radius 1 is 0.929 bits per heavy atom. The van der Waals surface area contributed by atoms with Crippen LogP contribution in [0.25, 0.3) is 16.9 Å². The summed E-state index contributed by atoms with van der Waals surface area (Å²) in [6, 6.07) is 22.6. The van der Waals surface area contributed by atoms with Crippen LogP contribution in [0.15, 0.2) is 79.0 Å². The number of carbonyl (C=O) groups is 1. The van der Waals surface area contributed by atoms with Crippen molar-refractivity contribution in [3.8, 4) is 22.7 Å². The van der Waals surface area contributed by atoms with Crippen LogP contribution in [0, 0.1) is 6.92 Å². The van der Waals surface area contributed by atoms with E-state index in [1.807, 2.05) is 61.7 Å². The van der Waals surface area contributed by atoms with Crippen molar-refractivity contribution in [2.24, 2.45) is 0 Å². The largest absolute Gasteiger partial charge is 0.497 e. The van der Waals surface area contributed by atoms with Crippen molar-refractivity contribution < 1.29 is 9.53 Å². The number of ether oxygens (including phenoxy) is 1. The molecule has 0 aliphatic carbocycles. The van der Waals surface area contributed by atoms with E-state index in [4.69, 9.17) is 4.74 Å². The molecule has 0 saturated heterocycles. The van der Waals surface area contributed by atoms with Crippen LogP contribution in [0.4, 0.5) is 0 Å². The molecule has 4 aromatic rings. The quantitative estimate of drug-likeness (QED) is 0.487. The zero-order valence-electron chi connectivity index (χ0n) is 15.7. The first-order valence-electron chi connectivity index (χ1n) is 8.93. The zero-order valence-corrected chi connectivity index (χ0v) is 15.7. The minimum absolute atomic E-state index is 0.0665. The van der Waals surface area contributed by atoms with Crippen LogP contribution in [0.2, 0.25) is 0 Å². The Balaban J connectivity index is 1.70. The Labute approximate surface area is 163 Å². The Bertz CT molecular complexity index is 1110. The van der Waals surface area contributed by atoms with E-state index in [9.17, 15) is 4.79 Å². The maximum atomic E-state index is 13.1. The number of nitrogens with zero attached hydrogens (tertiary/aromatic N) is 3. The number of methoxy groups -OCH3 is 1. The maximum absolute atomic E-state index is 13.1. The molecular weight excluding hydrogens is 350 g/mol. The van der Waals surface area contributed by atoms with Crippen LogP contribution in [-0.4, -0.2) is 27.9 Å². The van der Waals surface area contributed by atoms with Crippen LogP contribution in [-0.2, 0) is 0 Å². The molecule has 0 bridgehead atoms. The van der Waals surface area contributed by atoms with E-state index in [0.717, 1.165) is 11.3 Å². The molecule has 5 nitrogen and oxygen atoms in total. The molecule has 0 fully saturated rings. The van der Waals surface area contributed by atoms with E-state index in [-0.39, 0.29) is 5.78 Å². The molecule has 3 aromatic carbocycles.